The van der Waals surface area contributed by atoms with Crippen molar-refractivity contribution in [3.63, 3.8) is 0 Å². The first kappa shape index (κ1) is 17.9. The Morgan fingerprint density at radius 2 is 1.85 bits per heavy atom. The number of methoxy groups -OCH3 is 1. The third-order valence-electron chi connectivity index (χ3n) is 4.45. The molecule has 1 aromatic heterocycles. The molecule has 0 atom stereocenters. The van der Waals surface area contributed by atoms with Gasteiger partial charge in [0.15, 0.2) is 0 Å². The van der Waals surface area contributed by atoms with E-state index in [1.807, 2.05) is 24.3 Å². The third kappa shape index (κ3) is 4.01. The summed E-state index contributed by atoms with van der Waals surface area (Å²) in [7, 11) is 1.59. The molecule has 2 amide bonds. The van der Waals surface area contributed by atoms with E-state index in [0.29, 0.717) is 56.5 Å². The van der Waals surface area contributed by atoms with E-state index in [9.17, 15) is 9.59 Å². The number of ether oxygens (including phenoxy) is 1. The minimum Gasteiger partial charge on any atom is -0.496 e. The summed E-state index contributed by atoms with van der Waals surface area (Å²) in [5.74, 6) is 1.61. The lowest BCUT2D eigenvalue weighted by atomic mass is 10.2. The summed E-state index contributed by atoms with van der Waals surface area (Å²) in [4.78, 5) is 31.6. The smallest absolute Gasteiger partial charge is 0.227 e. The first-order chi connectivity index (χ1) is 12.6. The number of hydrogen-bond donors (Lipinski definition) is 0. The fourth-order valence-electron chi connectivity index (χ4n) is 2.94. The normalized spacial score (nSPS) is 14.4. The highest BCUT2D eigenvalue weighted by atomic mass is 16.5. The first-order valence-corrected chi connectivity index (χ1v) is 8.57. The monoisotopic (exact) mass is 358 g/mol. The maximum absolute atomic E-state index is 12.3. The zero-order valence-electron chi connectivity index (χ0n) is 15.0. The third-order valence-corrected chi connectivity index (χ3v) is 4.45. The van der Waals surface area contributed by atoms with Crippen molar-refractivity contribution in [2.24, 2.45) is 0 Å². The Labute approximate surface area is 151 Å². The van der Waals surface area contributed by atoms with Gasteiger partial charge in [0.1, 0.15) is 5.75 Å². The van der Waals surface area contributed by atoms with Gasteiger partial charge in [0.25, 0.3) is 0 Å². The maximum atomic E-state index is 12.3. The highest BCUT2D eigenvalue weighted by Gasteiger charge is 2.22. The molecular formula is C18H22N4O4. The van der Waals surface area contributed by atoms with Gasteiger partial charge in [0, 0.05) is 45.9 Å². The van der Waals surface area contributed by atoms with E-state index in [1.165, 1.54) is 0 Å². The van der Waals surface area contributed by atoms with Crippen LogP contribution < -0.4 is 4.74 Å². The highest BCUT2D eigenvalue weighted by molar-refractivity contribution is 5.77. The minimum absolute atomic E-state index is 0.0326. The number of rotatable bonds is 5. The summed E-state index contributed by atoms with van der Waals surface area (Å²) >= 11 is 0. The summed E-state index contributed by atoms with van der Waals surface area (Å²) in [5, 5.41) is 3.98. The van der Waals surface area contributed by atoms with E-state index in [2.05, 4.69) is 10.1 Å². The van der Waals surface area contributed by atoms with Gasteiger partial charge in [-0.3, -0.25) is 9.59 Å². The van der Waals surface area contributed by atoms with Crippen LogP contribution in [0.2, 0.25) is 0 Å². The van der Waals surface area contributed by atoms with Crippen LogP contribution in [-0.2, 0) is 16.0 Å². The highest BCUT2D eigenvalue weighted by Crippen LogP contribution is 2.27. The van der Waals surface area contributed by atoms with Crippen molar-refractivity contribution in [1.82, 2.24) is 19.9 Å². The topological polar surface area (TPSA) is 88.8 Å². The van der Waals surface area contributed by atoms with Gasteiger partial charge < -0.3 is 19.1 Å². The molecule has 2 heterocycles. The van der Waals surface area contributed by atoms with E-state index < -0.39 is 0 Å². The molecule has 1 aliphatic rings. The zero-order chi connectivity index (χ0) is 18.5. The van der Waals surface area contributed by atoms with Crippen LogP contribution in [0.1, 0.15) is 19.2 Å². The molecular weight excluding hydrogens is 336 g/mol. The van der Waals surface area contributed by atoms with Crippen molar-refractivity contribution < 1.29 is 18.8 Å². The molecule has 8 nitrogen and oxygen atoms in total. The number of benzene rings is 1. The largest absolute Gasteiger partial charge is 0.496 e. The van der Waals surface area contributed by atoms with Crippen LogP contribution in [0.4, 0.5) is 0 Å². The van der Waals surface area contributed by atoms with Gasteiger partial charge >= 0.3 is 0 Å². The number of nitrogens with zero attached hydrogens (tertiary/aromatic N) is 4. The molecule has 1 aliphatic heterocycles. The lowest BCUT2D eigenvalue weighted by molar-refractivity contribution is -0.138. The fourth-order valence-corrected chi connectivity index (χ4v) is 2.94. The zero-order valence-corrected chi connectivity index (χ0v) is 15.0. The first-order valence-electron chi connectivity index (χ1n) is 8.57. The van der Waals surface area contributed by atoms with Gasteiger partial charge in [-0.2, -0.15) is 4.98 Å². The standard InChI is InChI=1S/C18H22N4O4/c1-13(23)21-9-11-22(12-10-21)17(24)8-7-16-19-18(20-26-16)14-5-3-4-6-15(14)25-2/h3-6H,7-12H2,1-2H3. The second-order valence-electron chi connectivity index (χ2n) is 6.10. The Hall–Kier alpha value is -2.90. The minimum atomic E-state index is 0.0326. The lowest BCUT2D eigenvalue weighted by Crippen LogP contribution is -2.50. The van der Waals surface area contributed by atoms with Crippen molar-refractivity contribution in [3.8, 4) is 17.1 Å². The van der Waals surface area contributed by atoms with Gasteiger partial charge in [-0.15, -0.1) is 0 Å². The second kappa shape index (κ2) is 7.99. The predicted molar refractivity (Wildman–Crippen MR) is 93.4 cm³/mol. The van der Waals surface area contributed by atoms with Crippen LogP contribution in [0, 0.1) is 0 Å². The van der Waals surface area contributed by atoms with Gasteiger partial charge in [-0.25, -0.2) is 0 Å². The molecule has 3 rings (SSSR count). The van der Waals surface area contributed by atoms with Crippen molar-refractivity contribution in [1.29, 1.82) is 0 Å². The molecule has 0 radical (unpaired) electrons. The van der Waals surface area contributed by atoms with Crippen molar-refractivity contribution in [2.45, 2.75) is 19.8 Å². The average Bonchev–Trinajstić information content (AvgIpc) is 3.15. The van der Waals surface area contributed by atoms with Gasteiger partial charge in [0.2, 0.25) is 23.5 Å². The molecule has 1 fully saturated rings. The Morgan fingerprint density at radius 3 is 2.54 bits per heavy atom. The van der Waals surface area contributed by atoms with E-state index in [4.69, 9.17) is 9.26 Å². The van der Waals surface area contributed by atoms with Gasteiger partial charge in [0.05, 0.1) is 12.7 Å². The van der Waals surface area contributed by atoms with Crippen molar-refractivity contribution >= 4 is 11.8 Å². The Kier molecular flexibility index (Phi) is 5.50. The molecule has 138 valence electrons. The van der Waals surface area contributed by atoms with E-state index in [1.54, 1.807) is 23.8 Å². The van der Waals surface area contributed by atoms with Crippen LogP contribution in [0.15, 0.2) is 28.8 Å². The Balaban J connectivity index is 1.55. The second-order valence-corrected chi connectivity index (χ2v) is 6.10. The molecule has 0 spiro atoms. The molecule has 8 heteroatoms. The Morgan fingerprint density at radius 1 is 1.15 bits per heavy atom. The molecule has 0 saturated carbocycles. The van der Waals surface area contributed by atoms with Gasteiger partial charge in [-0.1, -0.05) is 17.3 Å². The molecule has 26 heavy (non-hydrogen) atoms. The maximum Gasteiger partial charge on any atom is 0.227 e. The van der Waals surface area contributed by atoms with Crippen LogP contribution in [-0.4, -0.2) is 65.0 Å². The summed E-state index contributed by atoms with van der Waals surface area (Å²) in [6, 6.07) is 7.43. The summed E-state index contributed by atoms with van der Waals surface area (Å²) in [6.45, 7) is 3.84. The van der Waals surface area contributed by atoms with Crippen LogP contribution >= 0.6 is 0 Å². The number of piperazine rings is 1. The number of carbonyl (C=O) groups excluding carboxylic acids is 2. The number of para-hydroxylation sites is 1. The molecule has 1 saturated heterocycles. The van der Waals surface area contributed by atoms with Crippen LogP contribution in [0.25, 0.3) is 11.4 Å². The molecule has 2 aromatic rings. The van der Waals surface area contributed by atoms with Crippen LogP contribution in [0.5, 0.6) is 5.75 Å². The molecule has 0 N–H and O–H groups in total. The van der Waals surface area contributed by atoms with E-state index >= 15 is 0 Å². The molecule has 0 unspecified atom stereocenters. The SMILES string of the molecule is COc1ccccc1-c1noc(CCC(=O)N2CCN(C(C)=O)CC2)n1. The van der Waals surface area contributed by atoms with Crippen molar-refractivity contribution in [2.75, 3.05) is 33.3 Å². The summed E-state index contributed by atoms with van der Waals surface area (Å²) < 4.78 is 10.6. The molecule has 1 aromatic carbocycles. The lowest BCUT2D eigenvalue weighted by Gasteiger charge is -2.34. The van der Waals surface area contributed by atoms with E-state index in [0.717, 1.165) is 5.56 Å². The molecule has 0 bridgehead atoms. The number of carbonyl (C=O) groups is 2. The Bertz CT molecular complexity index is 781. The number of aromatic nitrogens is 2. The number of amides is 2. The summed E-state index contributed by atoms with van der Waals surface area (Å²) in [6.07, 6.45) is 0.682. The summed E-state index contributed by atoms with van der Waals surface area (Å²) in [5.41, 5.74) is 0.747. The van der Waals surface area contributed by atoms with E-state index in [-0.39, 0.29) is 11.8 Å². The average molecular weight is 358 g/mol. The number of hydrogen-bond acceptors (Lipinski definition) is 6. The fraction of sp³-hybridized carbons (Fsp3) is 0.444. The van der Waals surface area contributed by atoms with Gasteiger partial charge in [-0.05, 0) is 12.1 Å². The molecule has 0 aliphatic carbocycles. The quantitative estimate of drug-likeness (QED) is 0.802. The van der Waals surface area contributed by atoms with Crippen molar-refractivity contribution in [3.05, 3.63) is 30.2 Å². The predicted octanol–water partition coefficient (Wildman–Crippen LogP) is 1.37. The van der Waals surface area contributed by atoms with Crippen LogP contribution in [0.3, 0.4) is 0 Å². The number of aryl methyl sites for hydroxylation is 1.